The first-order valence-corrected chi connectivity index (χ1v) is 8.75. The molecule has 2 fully saturated rings. The normalized spacial score (nSPS) is 22.7. The number of nitrogens with one attached hydrogen (secondary N) is 1. The zero-order valence-electron chi connectivity index (χ0n) is 13.4. The summed E-state index contributed by atoms with van der Waals surface area (Å²) in [6.07, 6.45) is 8.94. The zero-order valence-corrected chi connectivity index (χ0v) is 13.4. The number of hydrogen-bond acceptors (Lipinski definition) is 2. The van der Waals surface area contributed by atoms with Crippen LogP contribution in [-0.2, 0) is 14.9 Å². The van der Waals surface area contributed by atoms with Crippen LogP contribution in [0.2, 0.25) is 0 Å². The van der Waals surface area contributed by atoms with Crippen LogP contribution in [0.5, 0.6) is 0 Å². The average Bonchev–Trinajstić information content (AvgIpc) is 2.85. The Kier molecular flexibility index (Phi) is 5.14. The van der Waals surface area contributed by atoms with E-state index in [9.17, 15) is 4.79 Å². The summed E-state index contributed by atoms with van der Waals surface area (Å²) >= 11 is 0. The Morgan fingerprint density at radius 2 is 1.64 bits per heavy atom. The lowest BCUT2D eigenvalue weighted by atomic mass is 9.73. The van der Waals surface area contributed by atoms with Gasteiger partial charge >= 0.3 is 0 Å². The first-order valence-electron chi connectivity index (χ1n) is 8.75. The van der Waals surface area contributed by atoms with E-state index in [1.165, 1.54) is 25.7 Å². The quantitative estimate of drug-likeness (QED) is 0.867. The average molecular weight is 301 g/mol. The van der Waals surface area contributed by atoms with Gasteiger partial charge < -0.3 is 10.1 Å². The van der Waals surface area contributed by atoms with Crippen molar-refractivity contribution in [1.82, 2.24) is 5.32 Å². The second-order valence-electron chi connectivity index (χ2n) is 6.72. The van der Waals surface area contributed by atoms with Gasteiger partial charge in [0.05, 0.1) is 5.41 Å². The summed E-state index contributed by atoms with van der Waals surface area (Å²) < 4.78 is 5.53. The Morgan fingerprint density at radius 1 is 1.00 bits per heavy atom. The summed E-state index contributed by atoms with van der Waals surface area (Å²) in [4.78, 5) is 13.1. The lowest BCUT2D eigenvalue weighted by Gasteiger charge is -2.37. The maximum absolute atomic E-state index is 13.1. The molecule has 1 N–H and O–H groups in total. The van der Waals surface area contributed by atoms with Crippen molar-refractivity contribution < 1.29 is 9.53 Å². The number of ether oxygens (including phenoxy) is 1. The highest BCUT2D eigenvalue weighted by Gasteiger charge is 2.42. The largest absolute Gasteiger partial charge is 0.381 e. The molecule has 22 heavy (non-hydrogen) atoms. The first kappa shape index (κ1) is 15.5. The Bertz CT molecular complexity index is 471. The van der Waals surface area contributed by atoms with Crippen LogP contribution in [0.15, 0.2) is 30.3 Å². The number of amides is 1. The first-order chi connectivity index (χ1) is 10.8. The lowest BCUT2D eigenvalue weighted by Crippen LogP contribution is -2.50. The molecule has 1 aliphatic carbocycles. The van der Waals surface area contributed by atoms with Gasteiger partial charge in [0.25, 0.3) is 0 Å². The van der Waals surface area contributed by atoms with E-state index in [4.69, 9.17) is 4.74 Å². The van der Waals surface area contributed by atoms with E-state index >= 15 is 0 Å². The van der Waals surface area contributed by atoms with E-state index in [2.05, 4.69) is 17.4 Å². The van der Waals surface area contributed by atoms with Crippen molar-refractivity contribution in [1.29, 1.82) is 0 Å². The molecule has 0 aromatic heterocycles. The predicted molar refractivity (Wildman–Crippen MR) is 87.8 cm³/mol. The van der Waals surface area contributed by atoms with Gasteiger partial charge in [-0.2, -0.15) is 0 Å². The second kappa shape index (κ2) is 7.28. The highest BCUT2D eigenvalue weighted by Crippen LogP contribution is 2.35. The van der Waals surface area contributed by atoms with Crippen LogP contribution in [0.4, 0.5) is 0 Å². The Hall–Kier alpha value is -1.35. The SMILES string of the molecule is O=C(NC1CCCCCC1)C1(c2ccccc2)CCOCC1. The molecule has 1 saturated carbocycles. The topological polar surface area (TPSA) is 38.3 Å². The summed E-state index contributed by atoms with van der Waals surface area (Å²) in [6, 6.07) is 10.6. The fraction of sp³-hybridized carbons (Fsp3) is 0.632. The molecule has 1 saturated heterocycles. The Labute approximate surface area is 133 Å². The maximum Gasteiger partial charge on any atom is 0.231 e. The van der Waals surface area contributed by atoms with Gasteiger partial charge in [-0.1, -0.05) is 56.0 Å². The van der Waals surface area contributed by atoms with Gasteiger partial charge in [0.2, 0.25) is 5.91 Å². The van der Waals surface area contributed by atoms with Crippen molar-refractivity contribution in [2.45, 2.75) is 62.8 Å². The van der Waals surface area contributed by atoms with E-state index < -0.39 is 5.41 Å². The standard InChI is InChI=1S/C19H27NO2/c21-18(20-17-10-6-1-2-7-11-17)19(12-14-22-15-13-19)16-8-4-3-5-9-16/h3-5,8-9,17H,1-2,6-7,10-15H2,(H,20,21). The fourth-order valence-electron chi connectivity index (χ4n) is 3.87. The van der Waals surface area contributed by atoms with Gasteiger partial charge in [-0.3, -0.25) is 4.79 Å². The molecule has 0 bridgehead atoms. The minimum atomic E-state index is -0.397. The minimum Gasteiger partial charge on any atom is -0.381 e. The molecule has 0 spiro atoms. The summed E-state index contributed by atoms with van der Waals surface area (Å²) in [5, 5.41) is 3.37. The molecule has 3 nitrogen and oxygen atoms in total. The molecular formula is C19H27NO2. The van der Waals surface area contributed by atoms with Crippen LogP contribution < -0.4 is 5.32 Å². The smallest absolute Gasteiger partial charge is 0.231 e. The van der Waals surface area contributed by atoms with Gasteiger partial charge in [-0.15, -0.1) is 0 Å². The second-order valence-corrected chi connectivity index (χ2v) is 6.72. The summed E-state index contributed by atoms with van der Waals surface area (Å²) in [7, 11) is 0. The van der Waals surface area contributed by atoms with Crippen LogP contribution in [0, 0.1) is 0 Å². The van der Waals surface area contributed by atoms with Crippen molar-refractivity contribution in [2.75, 3.05) is 13.2 Å². The number of hydrogen-bond donors (Lipinski definition) is 1. The lowest BCUT2D eigenvalue weighted by molar-refractivity contribution is -0.131. The number of benzene rings is 1. The van der Waals surface area contributed by atoms with Crippen molar-refractivity contribution >= 4 is 5.91 Å². The monoisotopic (exact) mass is 301 g/mol. The van der Waals surface area contributed by atoms with Crippen LogP contribution in [0.25, 0.3) is 0 Å². The predicted octanol–water partition coefficient (Wildman–Crippen LogP) is 3.57. The number of rotatable bonds is 3. The van der Waals surface area contributed by atoms with E-state index in [-0.39, 0.29) is 5.91 Å². The highest BCUT2D eigenvalue weighted by atomic mass is 16.5. The van der Waals surface area contributed by atoms with Crippen molar-refractivity contribution in [3.05, 3.63) is 35.9 Å². The third-order valence-electron chi connectivity index (χ3n) is 5.30. The van der Waals surface area contributed by atoms with Gasteiger partial charge in [-0.25, -0.2) is 0 Å². The summed E-state index contributed by atoms with van der Waals surface area (Å²) in [6.45, 7) is 1.35. The molecule has 0 atom stereocenters. The van der Waals surface area contributed by atoms with E-state index in [0.717, 1.165) is 31.2 Å². The van der Waals surface area contributed by atoms with Crippen LogP contribution in [0.1, 0.15) is 56.9 Å². The number of carbonyl (C=O) groups is 1. The molecule has 1 aromatic rings. The summed E-state index contributed by atoms with van der Waals surface area (Å²) in [5.74, 6) is 0.217. The molecule has 1 heterocycles. The molecule has 120 valence electrons. The molecular weight excluding hydrogens is 274 g/mol. The Morgan fingerprint density at radius 3 is 2.27 bits per heavy atom. The molecule has 1 aromatic carbocycles. The van der Waals surface area contributed by atoms with Crippen LogP contribution in [-0.4, -0.2) is 25.2 Å². The van der Waals surface area contributed by atoms with Crippen molar-refractivity contribution in [2.24, 2.45) is 0 Å². The third kappa shape index (κ3) is 3.35. The van der Waals surface area contributed by atoms with E-state index in [1.807, 2.05) is 18.2 Å². The molecule has 2 aliphatic rings. The molecule has 3 rings (SSSR count). The van der Waals surface area contributed by atoms with E-state index in [1.54, 1.807) is 0 Å². The van der Waals surface area contributed by atoms with Crippen LogP contribution >= 0.6 is 0 Å². The molecule has 0 radical (unpaired) electrons. The highest BCUT2D eigenvalue weighted by molar-refractivity contribution is 5.88. The number of carbonyl (C=O) groups excluding carboxylic acids is 1. The fourth-order valence-corrected chi connectivity index (χ4v) is 3.87. The van der Waals surface area contributed by atoms with Crippen LogP contribution in [0.3, 0.4) is 0 Å². The Balaban J connectivity index is 1.78. The van der Waals surface area contributed by atoms with Gasteiger partial charge in [0.15, 0.2) is 0 Å². The minimum absolute atomic E-state index is 0.217. The molecule has 1 aliphatic heterocycles. The maximum atomic E-state index is 13.1. The van der Waals surface area contributed by atoms with Crippen molar-refractivity contribution in [3.8, 4) is 0 Å². The molecule has 0 unspecified atom stereocenters. The zero-order chi connectivity index (χ0) is 15.3. The molecule has 3 heteroatoms. The summed E-state index contributed by atoms with van der Waals surface area (Å²) in [5.41, 5.74) is 0.746. The van der Waals surface area contributed by atoms with Gasteiger partial charge in [-0.05, 0) is 31.2 Å². The van der Waals surface area contributed by atoms with E-state index in [0.29, 0.717) is 19.3 Å². The van der Waals surface area contributed by atoms with Crippen molar-refractivity contribution in [3.63, 3.8) is 0 Å². The third-order valence-corrected chi connectivity index (χ3v) is 5.30. The van der Waals surface area contributed by atoms with Gasteiger partial charge in [0.1, 0.15) is 0 Å². The molecule has 1 amide bonds. The van der Waals surface area contributed by atoms with Gasteiger partial charge in [0, 0.05) is 19.3 Å².